The molecule has 2 aromatic rings. The first kappa shape index (κ1) is 32.4. The minimum atomic E-state index is -0.676. The summed E-state index contributed by atoms with van der Waals surface area (Å²) in [5.74, 6) is 0.152. The van der Waals surface area contributed by atoms with Gasteiger partial charge in [-0.05, 0) is 70.1 Å². The molecule has 0 radical (unpaired) electrons. The minimum absolute atomic E-state index is 0.160. The van der Waals surface area contributed by atoms with Gasteiger partial charge in [-0.15, -0.1) is 0 Å². The molecule has 0 saturated carbocycles. The van der Waals surface area contributed by atoms with Crippen molar-refractivity contribution >= 4 is 23.7 Å². The minimum Gasteiger partial charge on any atom is -0.465 e. The summed E-state index contributed by atoms with van der Waals surface area (Å²) >= 11 is 0. The van der Waals surface area contributed by atoms with Crippen LogP contribution in [0.15, 0.2) is 36.5 Å². The molecule has 1 aromatic heterocycles. The number of esters is 1. The van der Waals surface area contributed by atoms with Gasteiger partial charge in [-0.3, -0.25) is 19.8 Å². The van der Waals surface area contributed by atoms with Crippen molar-refractivity contribution in [2.24, 2.45) is 5.92 Å². The Labute approximate surface area is 255 Å². The van der Waals surface area contributed by atoms with Crippen molar-refractivity contribution in [3.8, 4) is 11.1 Å². The lowest BCUT2D eigenvalue weighted by Gasteiger charge is -2.38. The second-order valence-corrected chi connectivity index (χ2v) is 12.4. The molecule has 234 valence electrons. The molecule has 3 heterocycles. The smallest absolute Gasteiger partial charge is 0.412 e. The molecule has 0 unspecified atom stereocenters. The number of anilines is 1. The molecule has 0 spiro atoms. The van der Waals surface area contributed by atoms with Crippen LogP contribution in [-0.2, 0) is 20.7 Å². The summed E-state index contributed by atoms with van der Waals surface area (Å²) in [6, 6.07) is 9.99. The van der Waals surface area contributed by atoms with Crippen molar-refractivity contribution in [3.05, 3.63) is 47.8 Å². The molecule has 2 amide bonds. The zero-order valence-corrected chi connectivity index (χ0v) is 26.4. The van der Waals surface area contributed by atoms with E-state index in [0.29, 0.717) is 37.8 Å². The van der Waals surface area contributed by atoms with Crippen LogP contribution in [0.5, 0.6) is 0 Å². The number of pyridine rings is 1. The van der Waals surface area contributed by atoms with Gasteiger partial charge < -0.3 is 19.3 Å². The number of hydrogen-bond acceptors (Lipinski definition) is 8. The third-order valence-electron chi connectivity index (χ3n) is 7.94. The lowest BCUT2D eigenvalue weighted by atomic mass is 9.95. The first-order valence-corrected chi connectivity index (χ1v) is 15.5. The van der Waals surface area contributed by atoms with Crippen molar-refractivity contribution in [2.75, 3.05) is 64.3 Å². The van der Waals surface area contributed by atoms with Gasteiger partial charge in [-0.1, -0.05) is 31.2 Å². The Kier molecular flexibility index (Phi) is 11.2. The highest BCUT2D eigenvalue weighted by Crippen LogP contribution is 2.28. The fraction of sp³-hybridized carbons (Fsp3) is 0.576. The number of aromatic nitrogens is 1. The summed E-state index contributed by atoms with van der Waals surface area (Å²) in [4.78, 5) is 49.3. The number of benzene rings is 1. The number of rotatable bonds is 9. The van der Waals surface area contributed by atoms with Crippen LogP contribution in [0.4, 0.5) is 10.5 Å². The van der Waals surface area contributed by atoms with Gasteiger partial charge in [0, 0.05) is 57.6 Å². The van der Waals surface area contributed by atoms with Crippen LogP contribution in [0.25, 0.3) is 11.1 Å². The lowest BCUT2D eigenvalue weighted by Crippen LogP contribution is -2.50. The van der Waals surface area contributed by atoms with E-state index in [4.69, 9.17) is 9.47 Å². The summed E-state index contributed by atoms with van der Waals surface area (Å²) < 4.78 is 10.6. The number of nitrogens with zero attached hydrogens (tertiary/aromatic N) is 4. The fourth-order valence-electron chi connectivity index (χ4n) is 5.63. The predicted octanol–water partition coefficient (Wildman–Crippen LogP) is 4.69. The van der Waals surface area contributed by atoms with Crippen molar-refractivity contribution in [3.63, 3.8) is 0 Å². The molecule has 10 heteroatoms. The lowest BCUT2D eigenvalue weighted by molar-refractivity contribution is -0.144. The van der Waals surface area contributed by atoms with Crippen LogP contribution >= 0.6 is 0 Å². The van der Waals surface area contributed by atoms with Gasteiger partial charge in [-0.25, -0.2) is 9.78 Å². The van der Waals surface area contributed by atoms with E-state index in [2.05, 4.69) is 39.2 Å². The van der Waals surface area contributed by atoms with Gasteiger partial charge in [0.05, 0.1) is 18.8 Å². The second-order valence-electron chi connectivity index (χ2n) is 12.4. The molecule has 2 aliphatic heterocycles. The van der Waals surface area contributed by atoms with Crippen molar-refractivity contribution in [1.82, 2.24) is 19.7 Å². The van der Waals surface area contributed by atoms with Crippen LogP contribution in [0.3, 0.4) is 0 Å². The molecular formula is C33H47N5O5. The van der Waals surface area contributed by atoms with E-state index in [1.165, 1.54) is 5.56 Å². The Hall–Kier alpha value is -3.50. The maximum atomic E-state index is 13.7. The van der Waals surface area contributed by atoms with Gasteiger partial charge in [0.15, 0.2) is 5.69 Å². The molecule has 1 N–H and O–H groups in total. The predicted molar refractivity (Wildman–Crippen MR) is 167 cm³/mol. The van der Waals surface area contributed by atoms with Gasteiger partial charge in [0.25, 0.3) is 5.91 Å². The molecule has 2 aliphatic rings. The summed E-state index contributed by atoms with van der Waals surface area (Å²) in [5.41, 5.74) is 2.88. The molecule has 10 nitrogen and oxygen atoms in total. The van der Waals surface area contributed by atoms with Gasteiger partial charge >= 0.3 is 12.1 Å². The average molecular weight is 594 g/mol. The van der Waals surface area contributed by atoms with E-state index in [0.717, 1.165) is 63.1 Å². The largest absolute Gasteiger partial charge is 0.465 e. The van der Waals surface area contributed by atoms with E-state index in [-0.39, 0.29) is 17.6 Å². The first-order chi connectivity index (χ1) is 20.5. The molecule has 43 heavy (non-hydrogen) atoms. The van der Waals surface area contributed by atoms with Gasteiger partial charge in [0.2, 0.25) is 0 Å². The van der Waals surface area contributed by atoms with E-state index < -0.39 is 11.7 Å². The number of nitrogens with one attached hydrogen (secondary N) is 1. The first-order valence-electron chi connectivity index (χ1n) is 15.5. The number of ether oxygens (including phenoxy) is 2. The molecule has 0 aliphatic carbocycles. The van der Waals surface area contributed by atoms with Crippen LogP contribution < -0.4 is 5.32 Å². The van der Waals surface area contributed by atoms with Crippen molar-refractivity contribution in [2.45, 2.75) is 59.5 Å². The van der Waals surface area contributed by atoms with Crippen LogP contribution in [-0.4, -0.2) is 102 Å². The summed E-state index contributed by atoms with van der Waals surface area (Å²) in [7, 11) is 0. The highest BCUT2D eigenvalue weighted by Gasteiger charge is 2.29. The second kappa shape index (κ2) is 14.8. The monoisotopic (exact) mass is 593 g/mol. The fourth-order valence-corrected chi connectivity index (χ4v) is 5.63. The third kappa shape index (κ3) is 9.49. The number of hydrogen-bond donors (Lipinski definition) is 1. The highest BCUT2D eigenvalue weighted by atomic mass is 16.6. The number of aryl methyl sites for hydroxylation is 1. The molecule has 2 fully saturated rings. The quantitative estimate of drug-likeness (QED) is 0.418. The summed E-state index contributed by atoms with van der Waals surface area (Å²) in [5, 5.41) is 2.80. The maximum Gasteiger partial charge on any atom is 0.412 e. The van der Waals surface area contributed by atoms with Crippen molar-refractivity contribution in [1.29, 1.82) is 0 Å². The Morgan fingerprint density at radius 1 is 0.953 bits per heavy atom. The molecule has 2 saturated heterocycles. The van der Waals surface area contributed by atoms with Crippen LogP contribution in [0.1, 0.15) is 63.5 Å². The number of carbonyl (C=O) groups is 3. The normalized spacial score (nSPS) is 17.0. The molecule has 1 aromatic carbocycles. The standard InChI is InChI=1S/C33H47N5O5/c1-6-24-9-8-10-26(19-24)27-20-28(35-32(41)43-33(3,4)5)30(34-21-27)31(40)38-13-11-25(12-14-38)22-36-15-17-37(18-16-36)23-29(39)42-7-2/h8-10,19-21,25H,6-7,11-18,22-23H2,1-5H3,(H,35,41). The number of carbonyl (C=O) groups excluding carboxylic acids is 3. The van der Waals surface area contributed by atoms with Gasteiger partial charge in [0.1, 0.15) is 5.60 Å². The average Bonchev–Trinajstić information content (AvgIpc) is 2.97. The number of piperazine rings is 1. The van der Waals surface area contributed by atoms with E-state index in [1.807, 2.05) is 30.0 Å². The zero-order valence-electron chi connectivity index (χ0n) is 26.4. The topological polar surface area (TPSA) is 104 Å². The molecule has 0 bridgehead atoms. The number of amides is 2. The summed E-state index contributed by atoms with van der Waals surface area (Å²) in [6.07, 6.45) is 3.81. The number of piperidine rings is 1. The SMILES string of the molecule is CCOC(=O)CN1CCN(CC2CCN(C(=O)c3ncc(-c4cccc(CC)c4)cc3NC(=O)OC(C)(C)C)CC2)CC1. The highest BCUT2D eigenvalue weighted by molar-refractivity contribution is 6.01. The van der Waals surface area contributed by atoms with E-state index in [9.17, 15) is 14.4 Å². The number of likely N-dealkylation sites (tertiary alicyclic amines) is 1. The van der Waals surface area contributed by atoms with Crippen LogP contribution in [0.2, 0.25) is 0 Å². The third-order valence-corrected chi connectivity index (χ3v) is 7.94. The van der Waals surface area contributed by atoms with Crippen LogP contribution in [0, 0.1) is 5.92 Å². The van der Waals surface area contributed by atoms with E-state index >= 15 is 0 Å². The Morgan fingerprint density at radius 2 is 1.65 bits per heavy atom. The van der Waals surface area contributed by atoms with Crippen molar-refractivity contribution < 1.29 is 23.9 Å². The molecular weight excluding hydrogens is 546 g/mol. The zero-order chi connectivity index (χ0) is 31.0. The summed E-state index contributed by atoms with van der Waals surface area (Å²) in [6.45, 7) is 15.9. The Morgan fingerprint density at radius 3 is 2.30 bits per heavy atom. The molecule has 0 atom stereocenters. The molecule has 4 rings (SSSR count). The Balaban J connectivity index is 1.38. The van der Waals surface area contributed by atoms with E-state index in [1.54, 1.807) is 27.0 Å². The Bertz CT molecular complexity index is 1260. The maximum absolute atomic E-state index is 13.7. The van der Waals surface area contributed by atoms with Gasteiger partial charge in [-0.2, -0.15) is 0 Å².